The number of rotatable bonds is 4. The maximum Gasteiger partial charge on any atom is 0.193 e. The van der Waals surface area contributed by atoms with Crippen molar-refractivity contribution in [2.45, 2.75) is 25.2 Å². The van der Waals surface area contributed by atoms with Crippen molar-refractivity contribution < 1.29 is 0 Å². The molecule has 3 nitrogen and oxygen atoms in total. The predicted octanol–water partition coefficient (Wildman–Crippen LogP) is 3.01. The zero-order valence-corrected chi connectivity index (χ0v) is 13.5. The topological polar surface area (TPSA) is 27.6 Å². The van der Waals surface area contributed by atoms with Gasteiger partial charge >= 0.3 is 0 Å². The molecule has 2 rings (SSSR count). The Morgan fingerprint density at radius 2 is 2.16 bits per heavy atom. The van der Waals surface area contributed by atoms with Gasteiger partial charge in [-0.1, -0.05) is 28.1 Å². The van der Waals surface area contributed by atoms with E-state index in [4.69, 9.17) is 4.99 Å². The van der Waals surface area contributed by atoms with Gasteiger partial charge in [-0.15, -0.1) is 0 Å². The van der Waals surface area contributed by atoms with Gasteiger partial charge in [0.05, 0.1) is 6.54 Å². The summed E-state index contributed by atoms with van der Waals surface area (Å²) in [6.07, 6.45) is 2.47. The van der Waals surface area contributed by atoms with Crippen LogP contribution in [0, 0.1) is 0 Å². The minimum atomic E-state index is 0.264. The third-order valence-electron chi connectivity index (χ3n) is 3.58. The molecule has 1 fully saturated rings. The maximum absolute atomic E-state index is 4.77. The summed E-state index contributed by atoms with van der Waals surface area (Å²) in [5.74, 6) is 0.976. The second kappa shape index (κ2) is 5.95. The Kier molecular flexibility index (Phi) is 4.50. The van der Waals surface area contributed by atoms with Crippen molar-refractivity contribution in [3.8, 4) is 0 Å². The molecule has 1 saturated carbocycles. The molecule has 1 N–H and O–H groups in total. The highest BCUT2D eigenvalue weighted by molar-refractivity contribution is 9.10. The standard InChI is InChI=1S/C15H22BrN3/c1-4-17-14(19(2)3)18-11-15(8-9-15)12-6-5-7-13(16)10-12/h5-7,10H,4,8-9,11H2,1-3H3,(H,17,18). The molecule has 0 saturated heterocycles. The van der Waals surface area contributed by atoms with Crippen molar-refractivity contribution in [1.29, 1.82) is 0 Å². The van der Waals surface area contributed by atoms with Gasteiger partial charge in [-0.05, 0) is 37.5 Å². The van der Waals surface area contributed by atoms with Crippen molar-refractivity contribution in [2.75, 3.05) is 27.2 Å². The first-order valence-corrected chi connectivity index (χ1v) is 7.58. The van der Waals surface area contributed by atoms with Gasteiger partial charge in [0.25, 0.3) is 0 Å². The van der Waals surface area contributed by atoms with Crippen molar-refractivity contribution in [2.24, 2.45) is 4.99 Å². The van der Waals surface area contributed by atoms with E-state index in [1.54, 1.807) is 0 Å². The minimum Gasteiger partial charge on any atom is -0.357 e. The van der Waals surface area contributed by atoms with Crippen LogP contribution in [0.25, 0.3) is 0 Å². The summed E-state index contributed by atoms with van der Waals surface area (Å²) >= 11 is 3.55. The van der Waals surface area contributed by atoms with Crippen molar-refractivity contribution in [3.05, 3.63) is 34.3 Å². The van der Waals surface area contributed by atoms with Crippen LogP contribution in [0.1, 0.15) is 25.3 Å². The zero-order valence-electron chi connectivity index (χ0n) is 11.9. The molecule has 1 aromatic rings. The van der Waals surface area contributed by atoms with Crippen LogP contribution >= 0.6 is 15.9 Å². The van der Waals surface area contributed by atoms with E-state index in [0.29, 0.717) is 0 Å². The van der Waals surface area contributed by atoms with Crippen molar-refractivity contribution >= 4 is 21.9 Å². The molecule has 0 spiro atoms. The Balaban J connectivity index is 2.12. The Morgan fingerprint density at radius 1 is 1.42 bits per heavy atom. The molecule has 4 heteroatoms. The summed E-state index contributed by atoms with van der Waals surface area (Å²) in [7, 11) is 4.06. The SMILES string of the molecule is CCNC(=NCC1(c2cccc(Br)c2)CC1)N(C)C. The van der Waals surface area contributed by atoms with E-state index in [1.807, 2.05) is 19.0 Å². The van der Waals surface area contributed by atoms with E-state index >= 15 is 0 Å². The molecule has 0 bridgehead atoms. The number of hydrogen-bond donors (Lipinski definition) is 1. The van der Waals surface area contributed by atoms with E-state index in [-0.39, 0.29) is 5.41 Å². The normalized spacial score (nSPS) is 17.2. The van der Waals surface area contributed by atoms with E-state index in [9.17, 15) is 0 Å². The molecule has 1 aliphatic rings. The molecular formula is C15H22BrN3. The van der Waals surface area contributed by atoms with Crippen LogP contribution in [0.2, 0.25) is 0 Å². The third-order valence-corrected chi connectivity index (χ3v) is 4.07. The quantitative estimate of drug-likeness (QED) is 0.681. The number of halogens is 1. The van der Waals surface area contributed by atoms with Gasteiger partial charge in [0.2, 0.25) is 0 Å². The van der Waals surface area contributed by atoms with E-state index < -0.39 is 0 Å². The van der Waals surface area contributed by atoms with E-state index in [0.717, 1.165) is 23.5 Å². The first-order valence-electron chi connectivity index (χ1n) is 6.79. The van der Waals surface area contributed by atoms with E-state index in [1.165, 1.54) is 18.4 Å². The summed E-state index contributed by atoms with van der Waals surface area (Å²) in [5, 5.41) is 3.31. The average Bonchev–Trinajstić information content (AvgIpc) is 3.15. The Hall–Kier alpha value is -1.03. The van der Waals surface area contributed by atoms with Gasteiger partial charge in [-0.25, -0.2) is 0 Å². The maximum atomic E-state index is 4.77. The molecule has 0 unspecified atom stereocenters. The first kappa shape index (κ1) is 14.4. The van der Waals surface area contributed by atoms with Crippen LogP contribution in [0.15, 0.2) is 33.7 Å². The monoisotopic (exact) mass is 323 g/mol. The summed E-state index contributed by atoms with van der Waals surface area (Å²) in [4.78, 5) is 6.81. The van der Waals surface area contributed by atoms with Gasteiger partial charge in [-0.3, -0.25) is 4.99 Å². The van der Waals surface area contributed by atoms with Crippen LogP contribution in [0.3, 0.4) is 0 Å². The summed E-state index contributed by atoms with van der Waals surface area (Å²) in [6.45, 7) is 3.87. The fourth-order valence-electron chi connectivity index (χ4n) is 2.25. The molecule has 0 aromatic heterocycles. The Labute approximate surface area is 124 Å². The molecule has 0 heterocycles. The molecule has 1 aliphatic carbocycles. The molecule has 0 atom stereocenters. The van der Waals surface area contributed by atoms with Crippen LogP contribution in [0.4, 0.5) is 0 Å². The summed E-state index contributed by atoms with van der Waals surface area (Å²) in [5.41, 5.74) is 1.67. The summed E-state index contributed by atoms with van der Waals surface area (Å²) in [6, 6.07) is 8.63. The number of guanidine groups is 1. The second-order valence-corrected chi connectivity index (χ2v) is 6.27. The third kappa shape index (κ3) is 3.50. The van der Waals surface area contributed by atoms with Gasteiger partial charge in [-0.2, -0.15) is 0 Å². The lowest BCUT2D eigenvalue weighted by Crippen LogP contribution is -2.37. The van der Waals surface area contributed by atoms with Crippen molar-refractivity contribution in [3.63, 3.8) is 0 Å². The highest BCUT2D eigenvalue weighted by atomic mass is 79.9. The fourth-order valence-corrected chi connectivity index (χ4v) is 2.65. The van der Waals surface area contributed by atoms with Gasteiger partial charge in [0, 0.05) is 30.5 Å². The number of nitrogens with one attached hydrogen (secondary N) is 1. The first-order chi connectivity index (χ1) is 9.07. The van der Waals surface area contributed by atoms with Gasteiger partial charge in [0.15, 0.2) is 5.96 Å². The van der Waals surface area contributed by atoms with Crippen LogP contribution in [-0.4, -0.2) is 38.0 Å². The average molecular weight is 324 g/mol. The molecule has 104 valence electrons. The number of benzene rings is 1. The van der Waals surface area contributed by atoms with Crippen LogP contribution < -0.4 is 5.32 Å². The molecule has 19 heavy (non-hydrogen) atoms. The lowest BCUT2D eigenvalue weighted by molar-refractivity contribution is 0.575. The number of hydrogen-bond acceptors (Lipinski definition) is 1. The number of nitrogens with zero attached hydrogens (tertiary/aromatic N) is 2. The fraction of sp³-hybridized carbons (Fsp3) is 0.533. The smallest absolute Gasteiger partial charge is 0.193 e. The summed E-state index contributed by atoms with van der Waals surface area (Å²) < 4.78 is 1.15. The second-order valence-electron chi connectivity index (χ2n) is 5.36. The highest BCUT2D eigenvalue weighted by Gasteiger charge is 2.44. The number of aliphatic imine (C=N–C) groups is 1. The molecule has 0 radical (unpaired) electrons. The van der Waals surface area contributed by atoms with Gasteiger partial charge < -0.3 is 10.2 Å². The van der Waals surface area contributed by atoms with Crippen LogP contribution in [0.5, 0.6) is 0 Å². The molecule has 1 aromatic carbocycles. The lowest BCUT2D eigenvalue weighted by Gasteiger charge is -2.19. The van der Waals surface area contributed by atoms with Gasteiger partial charge in [0.1, 0.15) is 0 Å². The predicted molar refractivity (Wildman–Crippen MR) is 84.7 cm³/mol. The Morgan fingerprint density at radius 3 is 2.68 bits per heavy atom. The van der Waals surface area contributed by atoms with Crippen molar-refractivity contribution in [1.82, 2.24) is 10.2 Å². The van der Waals surface area contributed by atoms with Crippen LogP contribution in [-0.2, 0) is 5.41 Å². The Bertz CT molecular complexity index is 464. The molecule has 0 amide bonds. The molecular weight excluding hydrogens is 302 g/mol. The lowest BCUT2D eigenvalue weighted by atomic mass is 9.96. The zero-order chi connectivity index (χ0) is 13.9. The highest BCUT2D eigenvalue weighted by Crippen LogP contribution is 2.48. The minimum absolute atomic E-state index is 0.264. The largest absolute Gasteiger partial charge is 0.357 e. The molecule has 0 aliphatic heterocycles. The van der Waals surface area contributed by atoms with E-state index in [2.05, 4.69) is 52.4 Å².